The van der Waals surface area contributed by atoms with Gasteiger partial charge in [-0.15, -0.1) is 0 Å². The number of carbonyl (C=O) groups excluding carboxylic acids is 3. The van der Waals surface area contributed by atoms with E-state index in [0.717, 1.165) is 5.56 Å². The molecule has 0 fully saturated rings. The molecule has 0 aliphatic carbocycles. The molecule has 0 saturated carbocycles. The second-order valence-corrected chi connectivity index (χ2v) is 7.65. The van der Waals surface area contributed by atoms with Crippen LogP contribution in [0.25, 0.3) is 0 Å². The molecule has 1 heterocycles. The van der Waals surface area contributed by atoms with E-state index in [-0.39, 0.29) is 17.9 Å². The molecule has 3 aromatic rings. The number of ether oxygens (including phenoxy) is 1. The summed E-state index contributed by atoms with van der Waals surface area (Å²) in [6.45, 7) is 5.36. The standard InChI is InChI=1S/C25H27N3O4/c1-15-21(25(31)32-5)16(2)26-22(15)24(30)28(4)17(3)19-12-9-13-20(14-19)27-23(29)18-10-7-6-8-11-18/h6-14,17,26H,1-5H3,(H,27,29)/t17-/m0/s1. The maximum Gasteiger partial charge on any atom is 0.339 e. The number of anilines is 1. The molecule has 7 nitrogen and oxygen atoms in total. The number of benzene rings is 2. The maximum absolute atomic E-state index is 13.2. The number of hydrogen-bond donors (Lipinski definition) is 2. The highest BCUT2D eigenvalue weighted by Crippen LogP contribution is 2.26. The Kier molecular flexibility index (Phi) is 6.78. The number of amides is 2. The van der Waals surface area contributed by atoms with Crippen molar-refractivity contribution in [2.75, 3.05) is 19.5 Å². The molecule has 2 aromatic carbocycles. The van der Waals surface area contributed by atoms with Gasteiger partial charge in [0.05, 0.1) is 18.7 Å². The molecule has 166 valence electrons. The van der Waals surface area contributed by atoms with Gasteiger partial charge in [-0.2, -0.15) is 0 Å². The fraction of sp³-hybridized carbons (Fsp3) is 0.240. The average Bonchev–Trinajstić information content (AvgIpc) is 3.11. The smallest absolute Gasteiger partial charge is 0.339 e. The Hall–Kier alpha value is -3.87. The van der Waals surface area contributed by atoms with Gasteiger partial charge >= 0.3 is 5.97 Å². The number of nitrogens with zero attached hydrogens (tertiary/aromatic N) is 1. The van der Waals surface area contributed by atoms with Crippen LogP contribution in [-0.4, -0.2) is 41.8 Å². The van der Waals surface area contributed by atoms with Gasteiger partial charge in [0.2, 0.25) is 0 Å². The number of aromatic nitrogens is 1. The van der Waals surface area contributed by atoms with Crippen molar-refractivity contribution in [1.29, 1.82) is 0 Å². The summed E-state index contributed by atoms with van der Waals surface area (Å²) in [5.41, 5.74) is 3.95. The highest BCUT2D eigenvalue weighted by Gasteiger charge is 2.26. The Labute approximate surface area is 187 Å². The zero-order chi connectivity index (χ0) is 23.4. The lowest BCUT2D eigenvalue weighted by molar-refractivity contribution is 0.0599. The SMILES string of the molecule is COC(=O)c1c(C)[nH]c(C(=O)N(C)[C@@H](C)c2cccc(NC(=O)c3ccccc3)c2)c1C. The number of carbonyl (C=O) groups is 3. The van der Waals surface area contributed by atoms with Crippen LogP contribution in [0, 0.1) is 13.8 Å². The molecule has 32 heavy (non-hydrogen) atoms. The summed E-state index contributed by atoms with van der Waals surface area (Å²) in [7, 11) is 3.02. The van der Waals surface area contributed by atoms with E-state index in [0.29, 0.717) is 33.8 Å². The lowest BCUT2D eigenvalue weighted by atomic mass is 10.0. The number of aromatic amines is 1. The summed E-state index contributed by atoms with van der Waals surface area (Å²) >= 11 is 0. The van der Waals surface area contributed by atoms with Crippen molar-refractivity contribution < 1.29 is 19.1 Å². The van der Waals surface area contributed by atoms with Crippen LogP contribution in [0.15, 0.2) is 54.6 Å². The number of nitrogens with one attached hydrogen (secondary N) is 2. The van der Waals surface area contributed by atoms with Crippen LogP contribution < -0.4 is 5.32 Å². The quantitative estimate of drug-likeness (QED) is 0.560. The molecular weight excluding hydrogens is 406 g/mol. The molecule has 2 N–H and O–H groups in total. The first-order valence-electron chi connectivity index (χ1n) is 10.3. The average molecular weight is 434 g/mol. The van der Waals surface area contributed by atoms with Gasteiger partial charge in [0, 0.05) is 24.0 Å². The second-order valence-electron chi connectivity index (χ2n) is 7.65. The Bertz CT molecular complexity index is 1150. The fourth-order valence-electron chi connectivity index (χ4n) is 3.62. The lowest BCUT2D eigenvalue weighted by Gasteiger charge is -2.25. The molecule has 0 radical (unpaired) electrons. The van der Waals surface area contributed by atoms with Crippen molar-refractivity contribution in [3.8, 4) is 0 Å². The first kappa shape index (κ1) is 22.8. The van der Waals surface area contributed by atoms with Gasteiger partial charge in [0.1, 0.15) is 5.69 Å². The Morgan fingerprint density at radius 3 is 2.38 bits per heavy atom. The van der Waals surface area contributed by atoms with E-state index in [4.69, 9.17) is 4.74 Å². The molecule has 0 bridgehead atoms. The van der Waals surface area contributed by atoms with E-state index in [1.54, 1.807) is 44.0 Å². The van der Waals surface area contributed by atoms with Crippen LogP contribution >= 0.6 is 0 Å². The zero-order valence-corrected chi connectivity index (χ0v) is 18.9. The van der Waals surface area contributed by atoms with E-state index < -0.39 is 5.97 Å². The molecular formula is C25H27N3O4. The van der Waals surface area contributed by atoms with Crippen molar-refractivity contribution in [2.45, 2.75) is 26.8 Å². The molecule has 3 rings (SSSR count). The topological polar surface area (TPSA) is 91.5 Å². The third kappa shape index (κ3) is 4.56. The van der Waals surface area contributed by atoms with Crippen molar-refractivity contribution >= 4 is 23.5 Å². The molecule has 0 saturated heterocycles. The van der Waals surface area contributed by atoms with Gasteiger partial charge in [-0.3, -0.25) is 9.59 Å². The highest BCUT2D eigenvalue weighted by molar-refractivity contribution is 6.04. The number of esters is 1. The van der Waals surface area contributed by atoms with Crippen LogP contribution in [0.1, 0.15) is 61.0 Å². The Balaban J connectivity index is 1.80. The monoisotopic (exact) mass is 433 g/mol. The van der Waals surface area contributed by atoms with Crippen LogP contribution in [0.4, 0.5) is 5.69 Å². The van der Waals surface area contributed by atoms with Crippen molar-refractivity contribution in [3.63, 3.8) is 0 Å². The van der Waals surface area contributed by atoms with Gasteiger partial charge in [-0.05, 0) is 56.2 Å². The first-order valence-corrected chi connectivity index (χ1v) is 10.3. The Morgan fingerprint density at radius 1 is 1.03 bits per heavy atom. The number of aryl methyl sites for hydroxylation is 1. The molecule has 7 heteroatoms. The Morgan fingerprint density at radius 2 is 1.72 bits per heavy atom. The van der Waals surface area contributed by atoms with Crippen molar-refractivity contribution in [1.82, 2.24) is 9.88 Å². The molecule has 1 aromatic heterocycles. The number of H-pyrrole nitrogens is 1. The van der Waals surface area contributed by atoms with E-state index >= 15 is 0 Å². The van der Waals surface area contributed by atoms with Crippen LogP contribution in [0.2, 0.25) is 0 Å². The summed E-state index contributed by atoms with van der Waals surface area (Å²) in [6, 6.07) is 16.1. The summed E-state index contributed by atoms with van der Waals surface area (Å²) in [4.78, 5) is 42.3. The highest BCUT2D eigenvalue weighted by atomic mass is 16.5. The van der Waals surface area contributed by atoms with Gasteiger partial charge in [0.25, 0.3) is 11.8 Å². The molecule has 2 amide bonds. The predicted octanol–water partition coefficient (Wildman–Crippen LogP) is 4.50. The summed E-state index contributed by atoms with van der Waals surface area (Å²) in [5.74, 6) is -0.924. The molecule has 0 aliphatic heterocycles. The van der Waals surface area contributed by atoms with E-state index in [1.165, 1.54) is 7.11 Å². The number of methoxy groups -OCH3 is 1. The maximum atomic E-state index is 13.2. The van der Waals surface area contributed by atoms with Gasteiger partial charge in [-0.1, -0.05) is 30.3 Å². The molecule has 0 unspecified atom stereocenters. The minimum absolute atomic E-state index is 0.201. The second kappa shape index (κ2) is 9.51. The van der Waals surface area contributed by atoms with Crippen LogP contribution in [0.5, 0.6) is 0 Å². The normalized spacial score (nSPS) is 11.5. The third-order valence-electron chi connectivity index (χ3n) is 5.61. The summed E-state index contributed by atoms with van der Waals surface area (Å²) < 4.78 is 4.83. The number of rotatable bonds is 6. The summed E-state index contributed by atoms with van der Waals surface area (Å²) in [6.07, 6.45) is 0. The van der Waals surface area contributed by atoms with Crippen molar-refractivity contribution in [3.05, 3.63) is 88.2 Å². The zero-order valence-electron chi connectivity index (χ0n) is 18.9. The van der Waals surface area contributed by atoms with Gasteiger partial charge < -0.3 is 19.9 Å². The lowest BCUT2D eigenvalue weighted by Crippen LogP contribution is -2.30. The number of hydrogen-bond acceptors (Lipinski definition) is 4. The van der Waals surface area contributed by atoms with Crippen LogP contribution in [-0.2, 0) is 4.74 Å². The van der Waals surface area contributed by atoms with E-state index in [2.05, 4.69) is 10.3 Å². The summed E-state index contributed by atoms with van der Waals surface area (Å²) in [5, 5.41) is 2.89. The molecule has 0 aliphatic rings. The van der Waals surface area contributed by atoms with E-state index in [9.17, 15) is 14.4 Å². The minimum Gasteiger partial charge on any atom is -0.465 e. The van der Waals surface area contributed by atoms with Crippen LogP contribution in [0.3, 0.4) is 0 Å². The predicted molar refractivity (Wildman–Crippen MR) is 123 cm³/mol. The molecule has 1 atom stereocenters. The van der Waals surface area contributed by atoms with E-state index in [1.807, 2.05) is 43.3 Å². The third-order valence-corrected chi connectivity index (χ3v) is 5.61. The largest absolute Gasteiger partial charge is 0.465 e. The minimum atomic E-state index is -0.479. The first-order chi connectivity index (χ1) is 15.2. The van der Waals surface area contributed by atoms with Gasteiger partial charge in [0.15, 0.2) is 0 Å². The fourth-order valence-corrected chi connectivity index (χ4v) is 3.62. The van der Waals surface area contributed by atoms with Gasteiger partial charge in [-0.25, -0.2) is 4.79 Å². The van der Waals surface area contributed by atoms with Crippen molar-refractivity contribution in [2.24, 2.45) is 0 Å². The molecule has 0 spiro atoms.